The van der Waals surface area contributed by atoms with Crippen LogP contribution in [-0.2, 0) is 19.1 Å². The first kappa shape index (κ1) is 41.8. The van der Waals surface area contributed by atoms with Crippen LogP contribution in [0.15, 0.2) is 36.4 Å². The van der Waals surface area contributed by atoms with E-state index in [4.69, 9.17) is 28.4 Å². The number of likely N-dealkylation sites (N-methyl/N-ethyl adjacent to an activating group) is 2. The van der Waals surface area contributed by atoms with Crippen molar-refractivity contribution in [2.75, 3.05) is 74.3 Å². The van der Waals surface area contributed by atoms with Crippen LogP contribution >= 0.6 is 22.7 Å². The predicted molar refractivity (Wildman–Crippen MR) is 207 cm³/mol. The molecule has 2 aromatic carbocycles. The minimum absolute atomic E-state index is 0.00964. The summed E-state index contributed by atoms with van der Waals surface area (Å²) in [5.74, 6) is 0.361. The van der Waals surface area contributed by atoms with Crippen LogP contribution < -0.4 is 24.3 Å². The van der Waals surface area contributed by atoms with Gasteiger partial charge in [-0.1, -0.05) is 0 Å². The third-order valence-electron chi connectivity index (χ3n) is 8.05. The average Bonchev–Trinajstić information content (AvgIpc) is 3.78. The van der Waals surface area contributed by atoms with E-state index in [1.807, 2.05) is 12.1 Å². The number of amides is 2. The Balaban J connectivity index is 1.43. The Morgan fingerprint density at radius 3 is 1.87 bits per heavy atom. The molecule has 292 valence electrons. The zero-order valence-electron chi connectivity index (χ0n) is 31.4. The summed E-state index contributed by atoms with van der Waals surface area (Å²) in [7, 11) is 6.61. The Labute approximate surface area is 322 Å². The quantitative estimate of drug-likeness (QED) is 0.0582. The summed E-state index contributed by atoms with van der Waals surface area (Å²) in [4.78, 5) is 66.3. The van der Waals surface area contributed by atoms with Crippen molar-refractivity contribution in [3.8, 4) is 23.0 Å². The highest BCUT2D eigenvalue weighted by Gasteiger charge is 2.21. The van der Waals surface area contributed by atoms with E-state index in [0.29, 0.717) is 53.1 Å². The number of Topliss-reactive ketones (excluding diaryl/α,β-unsaturated/α-hetero) is 1. The molecule has 0 unspecified atom stereocenters. The number of nitrogens with zero attached hydrogens (tertiary/aromatic N) is 2. The summed E-state index contributed by atoms with van der Waals surface area (Å²) in [6.07, 6.45) is 0.0107. The Hall–Kier alpha value is -4.93. The van der Waals surface area contributed by atoms with Crippen molar-refractivity contribution in [1.82, 2.24) is 15.1 Å². The molecule has 54 heavy (non-hydrogen) atoms. The van der Waals surface area contributed by atoms with Gasteiger partial charge in [-0.3, -0.25) is 19.2 Å². The third kappa shape index (κ3) is 11.5. The highest BCUT2D eigenvalue weighted by Crippen LogP contribution is 2.39. The van der Waals surface area contributed by atoms with Crippen molar-refractivity contribution in [3.05, 3.63) is 46.2 Å². The lowest BCUT2D eigenvalue weighted by Crippen LogP contribution is -2.34. The van der Waals surface area contributed by atoms with Crippen LogP contribution in [0.25, 0.3) is 20.2 Å². The normalized spacial score (nSPS) is 10.9. The molecular formula is C38H47N3O11S2. The van der Waals surface area contributed by atoms with E-state index in [2.05, 4.69) is 5.32 Å². The first-order valence-electron chi connectivity index (χ1n) is 17.6. The van der Waals surface area contributed by atoms with Crippen LogP contribution in [0.1, 0.15) is 58.9 Å². The van der Waals surface area contributed by atoms with Crippen LogP contribution in [0, 0.1) is 0 Å². The van der Waals surface area contributed by atoms with Crippen molar-refractivity contribution in [2.45, 2.75) is 39.5 Å². The number of esters is 2. The molecule has 0 saturated heterocycles. The van der Waals surface area contributed by atoms with Crippen molar-refractivity contribution in [1.29, 1.82) is 0 Å². The molecule has 2 heterocycles. The second-order valence-corrected chi connectivity index (χ2v) is 14.2. The van der Waals surface area contributed by atoms with Gasteiger partial charge in [0.05, 0.1) is 56.1 Å². The second kappa shape index (κ2) is 20.5. The average molecular weight is 786 g/mol. The molecule has 16 heteroatoms. The number of fused-ring (bicyclic) bond motifs is 2. The van der Waals surface area contributed by atoms with Gasteiger partial charge in [-0.25, -0.2) is 4.79 Å². The van der Waals surface area contributed by atoms with Gasteiger partial charge in [-0.05, 0) is 55.9 Å². The van der Waals surface area contributed by atoms with Crippen LogP contribution in [0.5, 0.6) is 23.0 Å². The zero-order valence-corrected chi connectivity index (χ0v) is 33.1. The number of ether oxygens (including phenoxy) is 6. The molecule has 0 aliphatic carbocycles. The topological polar surface area (TPSA) is 159 Å². The molecule has 0 spiro atoms. The van der Waals surface area contributed by atoms with E-state index in [0.717, 1.165) is 20.2 Å². The number of carbonyl (C=O) groups excluding carboxylic acids is 5. The van der Waals surface area contributed by atoms with Crippen LogP contribution in [-0.4, -0.2) is 114 Å². The molecule has 2 amide bonds. The lowest BCUT2D eigenvalue weighted by molar-refractivity contribution is -0.144. The predicted octanol–water partition coefficient (Wildman–Crippen LogP) is 6.17. The molecule has 1 N–H and O–H groups in total. The lowest BCUT2D eigenvalue weighted by Gasteiger charge is -2.18. The van der Waals surface area contributed by atoms with E-state index in [-0.39, 0.29) is 69.0 Å². The number of methoxy groups -OCH3 is 1. The van der Waals surface area contributed by atoms with Gasteiger partial charge < -0.3 is 43.5 Å². The van der Waals surface area contributed by atoms with Gasteiger partial charge in [0, 0.05) is 68.1 Å². The number of ketones is 1. The highest BCUT2D eigenvalue weighted by molar-refractivity contribution is 7.21. The van der Waals surface area contributed by atoms with Gasteiger partial charge in [0.2, 0.25) is 0 Å². The standard InChI is InChI=1S/C38H47N3O11S2/c1-7-48-35(43)11-10-26(42)33-20-24-19-29(30(23-32(24)53-33)52-38(46)41(5)15-13-39-3)51-17-9-16-50-28-18-25-21-34(54-31(25)22-27(28)47-6)37(45)40(4)14-12-36(44)49-8-2/h18-23,39H,7-17H2,1-6H3. The van der Waals surface area contributed by atoms with Gasteiger partial charge >= 0.3 is 18.0 Å². The van der Waals surface area contributed by atoms with E-state index < -0.39 is 12.1 Å². The molecule has 0 saturated carbocycles. The van der Waals surface area contributed by atoms with Crippen molar-refractivity contribution in [2.24, 2.45) is 0 Å². The zero-order chi connectivity index (χ0) is 39.2. The van der Waals surface area contributed by atoms with Crippen molar-refractivity contribution >= 4 is 72.6 Å². The van der Waals surface area contributed by atoms with Crippen LogP contribution in [0.2, 0.25) is 0 Å². The minimum atomic E-state index is -0.566. The third-order valence-corrected chi connectivity index (χ3v) is 10.3. The van der Waals surface area contributed by atoms with Crippen LogP contribution in [0.4, 0.5) is 4.79 Å². The molecule has 2 aromatic heterocycles. The van der Waals surface area contributed by atoms with Gasteiger partial charge in [0.25, 0.3) is 5.91 Å². The second-order valence-electron chi connectivity index (χ2n) is 12.1. The monoisotopic (exact) mass is 785 g/mol. The lowest BCUT2D eigenvalue weighted by atomic mass is 10.1. The number of rotatable bonds is 21. The number of thiophene rings is 2. The number of carbonyl (C=O) groups is 5. The molecular weight excluding hydrogens is 739 g/mol. The highest BCUT2D eigenvalue weighted by atomic mass is 32.1. The van der Waals surface area contributed by atoms with Crippen molar-refractivity contribution in [3.63, 3.8) is 0 Å². The van der Waals surface area contributed by atoms with E-state index >= 15 is 0 Å². The van der Waals surface area contributed by atoms with E-state index in [1.165, 1.54) is 32.5 Å². The molecule has 0 atom stereocenters. The molecule has 0 fully saturated rings. The Kier molecular flexibility index (Phi) is 15.9. The fourth-order valence-electron chi connectivity index (χ4n) is 5.12. The van der Waals surface area contributed by atoms with E-state index in [9.17, 15) is 24.0 Å². The Morgan fingerprint density at radius 2 is 1.26 bits per heavy atom. The maximum Gasteiger partial charge on any atom is 0.415 e. The summed E-state index contributed by atoms with van der Waals surface area (Å²) in [6.45, 7) is 5.71. The summed E-state index contributed by atoms with van der Waals surface area (Å²) in [5.41, 5.74) is 0. The molecule has 14 nitrogen and oxygen atoms in total. The maximum absolute atomic E-state index is 13.1. The summed E-state index contributed by atoms with van der Waals surface area (Å²) in [5, 5.41) is 4.53. The largest absolute Gasteiger partial charge is 0.493 e. The molecule has 0 radical (unpaired) electrons. The maximum atomic E-state index is 13.1. The van der Waals surface area contributed by atoms with Gasteiger partial charge in [0.15, 0.2) is 28.8 Å². The first-order valence-corrected chi connectivity index (χ1v) is 19.2. The number of nitrogens with one attached hydrogen (secondary N) is 1. The first-order chi connectivity index (χ1) is 26.0. The molecule has 0 aliphatic heterocycles. The smallest absolute Gasteiger partial charge is 0.415 e. The number of benzene rings is 2. The van der Waals surface area contributed by atoms with Gasteiger partial charge in [-0.2, -0.15) is 0 Å². The SMILES string of the molecule is CCOC(=O)CCC(=O)c1cc2cc(OCCCOc3cc4cc(C(=O)N(C)CCC(=O)OCC)sc4cc3OC)c(OC(=O)N(C)CCNC)cc2s1. The van der Waals surface area contributed by atoms with Gasteiger partial charge in [-0.15, -0.1) is 22.7 Å². The van der Waals surface area contributed by atoms with Crippen molar-refractivity contribution < 1.29 is 52.4 Å². The fraction of sp³-hybridized carbons (Fsp3) is 0.447. The van der Waals surface area contributed by atoms with Crippen LogP contribution in [0.3, 0.4) is 0 Å². The minimum Gasteiger partial charge on any atom is -0.493 e. The molecule has 0 bridgehead atoms. The summed E-state index contributed by atoms with van der Waals surface area (Å²) < 4.78 is 35.0. The molecule has 4 aromatic rings. The number of hydrogen-bond acceptors (Lipinski definition) is 14. The fourth-order valence-corrected chi connectivity index (χ4v) is 7.23. The molecule has 4 rings (SSSR count). The summed E-state index contributed by atoms with van der Waals surface area (Å²) >= 11 is 2.57. The Bertz CT molecular complexity index is 1940. The van der Waals surface area contributed by atoms with E-state index in [1.54, 1.807) is 66.4 Å². The van der Waals surface area contributed by atoms with Gasteiger partial charge in [0.1, 0.15) is 0 Å². The molecule has 0 aliphatic rings. The Morgan fingerprint density at radius 1 is 0.685 bits per heavy atom. The summed E-state index contributed by atoms with van der Waals surface area (Å²) in [6, 6.07) is 10.6. The number of hydrogen-bond donors (Lipinski definition) is 1.